The number of ether oxygens (including phenoxy) is 1. The first kappa shape index (κ1) is 21.6. The van der Waals surface area contributed by atoms with Gasteiger partial charge in [-0.2, -0.15) is 0 Å². The van der Waals surface area contributed by atoms with E-state index in [4.69, 9.17) is 4.74 Å². The summed E-state index contributed by atoms with van der Waals surface area (Å²) in [5.74, 6) is -0.527. The number of hydrogen-bond donors (Lipinski definition) is 2. The van der Waals surface area contributed by atoms with E-state index in [1.165, 1.54) is 6.07 Å². The first-order valence-electron chi connectivity index (χ1n) is 10.1. The van der Waals surface area contributed by atoms with Gasteiger partial charge in [0, 0.05) is 0 Å². The molecule has 0 saturated carbocycles. The van der Waals surface area contributed by atoms with Gasteiger partial charge in [-0.3, -0.25) is 0 Å². The smallest absolute Gasteiger partial charge is 0.335 e. The van der Waals surface area contributed by atoms with Crippen molar-refractivity contribution in [2.75, 3.05) is 0 Å². The summed E-state index contributed by atoms with van der Waals surface area (Å²) >= 11 is 0. The summed E-state index contributed by atoms with van der Waals surface area (Å²) in [6.45, 7) is 4.41. The van der Waals surface area contributed by atoms with Crippen LogP contribution in [0.25, 0.3) is 0 Å². The lowest BCUT2D eigenvalue weighted by atomic mass is 9.78. The second-order valence-corrected chi connectivity index (χ2v) is 8.32. The first-order chi connectivity index (χ1) is 14.3. The molecule has 0 aliphatic carbocycles. The van der Waals surface area contributed by atoms with Crippen LogP contribution in [0.5, 0.6) is 5.75 Å². The lowest BCUT2D eigenvalue weighted by Gasteiger charge is -2.31. The van der Waals surface area contributed by atoms with Crippen molar-refractivity contribution in [3.8, 4) is 5.75 Å². The van der Waals surface area contributed by atoms with Crippen LogP contribution in [0.2, 0.25) is 0 Å². The van der Waals surface area contributed by atoms with E-state index in [0.717, 1.165) is 23.1 Å². The SMILES string of the molecule is CC(C)(Cc1ccccc1)C(O)Cc1cc(OCc2ccccc2)cc(C(=O)O)c1. The monoisotopic (exact) mass is 404 g/mol. The molecule has 4 heteroatoms. The van der Waals surface area contributed by atoms with Crippen LogP contribution < -0.4 is 4.74 Å². The lowest BCUT2D eigenvalue weighted by Crippen LogP contribution is -2.33. The number of aromatic carboxylic acids is 1. The van der Waals surface area contributed by atoms with E-state index in [1.54, 1.807) is 6.07 Å². The number of benzene rings is 3. The summed E-state index contributed by atoms with van der Waals surface area (Å²) in [7, 11) is 0. The second kappa shape index (κ2) is 9.59. The molecule has 156 valence electrons. The van der Waals surface area contributed by atoms with E-state index < -0.39 is 12.1 Å². The zero-order valence-electron chi connectivity index (χ0n) is 17.4. The van der Waals surface area contributed by atoms with Gasteiger partial charge in [0.25, 0.3) is 0 Å². The molecule has 2 N–H and O–H groups in total. The van der Waals surface area contributed by atoms with Crippen LogP contribution in [0.4, 0.5) is 0 Å². The van der Waals surface area contributed by atoms with Crippen LogP contribution in [0.15, 0.2) is 78.9 Å². The molecule has 3 aromatic carbocycles. The number of hydrogen-bond acceptors (Lipinski definition) is 3. The van der Waals surface area contributed by atoms with Crippen LogP contribution >= 0.6 is 0 Å². The first-order valence-corrected chi connectivity index (χ1v) is 10.1. The van der Waals surface area contributed by atoms with Crippen molar-refractivity contribution in [2.24, 2.45) is 5.41 Å². The van der Waals surface area contributed by atoms with Gasteiger partial charge >= 0.3 is 5.97 Å². The van der Waals surface area contributed by atoms with Gasteiger partial charge in [-0.1, -0.05) is 74.5 Å². The van der Waals surface area contributed by atoms with Gasteiger partial charge < -0.3 is 14.9 Å². The Morgan fingerprint density at radius 3 is 2.10 bits per heavy atom. The largest absolute Gasteiger partial charge is 0.489 e. The molecule has 1 unspecified atom stereocenters. The standard InChI is InChI=1S/C26H28O4/c1-26(2,17-19-9-5-3-6-10-19)24(27)15-21-13-22(25(28)29)16-23(14-21)30-18-20-11-7-4-8-12-20/h3-14,16,24,27H,15,17-18H2,1-2H3,(H,28,29). The molecular formula is C26H28O4. The van der Waals surface area contributed by atoms with Crippen molar-refractivity contribution < 1.29 is 19.7 Å². The number of carboxylic acids is 1. The maximum atomic E-state index is 11.6. The van der Waals surface area contributed by atoms with Gasteiger partial charge in [0.15, 0.2) is 0 Å². The minimum absolute atomic E-state index is 0.156. The van der Waals surface area contributed by atoms with Crippen molar-refractivity contribution in [2.45, 2.75) is 39.4 Å². The van der Waals surface area contributed by atoms with Crippen molar-refractivity contribution in [1.29, 1.82) is 0 Å². The fourth-order valence-electron chi connectivity index (χ4n) is 3.47. The molecular weight excluding hydrogens is 376 g/mol. The van der Waals surface area contributed by atoms with E-state index in [-0.39, 0.29) is 11.0 Å². The Hall–Kier alpha value is -3.11. The van der Waals surface area contributed by atoms with Gasteiger partial charge in [0.05, 0.1) is 11.7 Å². The van der Waals surface area contributed by atoms with E-state index in [2.05, 4.69) is 12.1 Å². The third-order valence-corrected chi connectivity index (χ3v) is 5.30. The third kappa shape index (κ3) is 5.94. The molecule has 0 bridgehead atoms. The van der Waals surface area contributed by atoms with Crippen LogP contribution in [-0.2, 0) is 19.4 Å². The van der Waals surface area contributed by atoms with Crippen LogP contribution in [0.1, 0.15) is 40.9 Å². The molecule has 0 heterocycles. The Morgan fingerprint density at radius 2 is 1.50 bits per heavy atom. The molecule has 1 atom stereocenters. The number of carbonyl (C=O) groups is 1. The van der Waals surface area contributed by atoms with Gasteiger partial charge in [-0.05, 0) is 53.1 Å². The number of rotatable bonds is 9. The average Bonchev–Trinajstić information content (AvgIpc) is 2.73. The van der Waals surface area contributed by atoms with Crippen molar-refractivity contribution >= 4 is 5.97 Å². The minimum atomic E-state index is -1.01. The molecule has 0 saturated heterocycles. The van der Waals surface area contributed by atoms with Crippen LogP contribution in [0.3, 0.4) is 0 Å². The molecule has 0 aliphatic heterocycles. The Balaban J connectivity index is 1.75. The molecule has 0 spiro atoms. The fraction of sp³-hybridized carbons (Fsp3) is 0.269. The van der Waals surface area contributed by atoms with Crippen LogP contribution in [-0.4, -0.2) is 22.3 Å². The zero-order chi connectivity index (χ0) is 21.6. The summed E-state index contributed by atoms with van der Waals surface area (Å²) in [5.41, 5.74) is 2.69. The average molecular weight is 405 g/mol. The molecule has 0 aromatic heterocycles. The molecule has 3 aromatic rings. The molecule has 0 fully saturated rings. The molecule has 0 amide bonds. The summed E-state index contributed by atoms with van der Waals surface area (Å²) < 4.78 is 5.84. The highest BCUT2D eigenvalue weighted by Crippen LogP contribution is 2.30. The predicted molar refractivity (Wildman–Crippen MR) is 118 cm³/mol. The molecule has 0 radical (unpaired) electrons. The fourth-order valence-corrected chi connectivity index (χ4v) is 3.47. The van der Waals surface area contributed by atoms with Crippen molar-refractivity contribution in [3.63, 3.8) is 0 Å². The quantitative estimate of drug-likeness (QED) is 0.518. The number of aliphatic hydroxyl groups is 1. The number of aliphatic hydroxyl groups excluding tert-OH is 1. The molecule has 30 heavy (non-hydrogen) atoms. The summed E-state index contributed by atoms with van der Waals surface area (Å²) in [6, 6.07) is 24.7. The normalized spacial score (nSPS) is 12.4. The minimum Gasteiger partial charge on any atom is -0.489 e. The Morgan fingerprint density at radius 1 is 0.900 bits per heavy atom. The third-order valence-electron chi connectivity index (χ3n) is 5.30. The summed E-state index contributed by atoms with van der Waals surface area (Å²) in [4.78, 5) is 11.6. The van der Waals surface area contributed by atoms with E-state index in [1.807, 2.05) is 68.4 Å². The highest BCUT2D eigenvalue weighted by atomic mass is 16.5. The Labute approximate surface area is 177 Å². The zero-order valence-corrected chi connectivity index (χ0v) is 17.4. The summed E-state index contributed by atoms with van der Waals surface area (Å²) in [5, 5.41) is 20.4. The number of carboxylic acid groups (broad SMARTS) is 1. The topological polar surface area (TPSA) is 66.8 Å². The Kier molecular flexibility index (Phi) is 6.91. The highest BCUT2D eigenvalue weighted by Gasteiger charge is 2.28. The van der Waals surface area contributed by atoms with Gasteiger partial charge in [-0.15, -0.1) is 0 Å². The van der Waals surface area contributed by atoms with Gasteiger partial charge in [0.1, 0.15) is 12.4 Å². The highest BCUT2D eigenvalue weighted by molar-refractivity contribution is 5.88. The van der Waals surface area contributed by atoms with Crippen molar-refractivity contribution in [3.05, 3.63) is 101 Å². The predicted octanol–water partition coefficient (Wildman–Crippen LogP) is 5.14. The molecule has 0 aliphatic rings. The molecule has 4 nitrogen and oxygen atoms in total. The lowest BCUT2D eigenvalue weighted by molar-refractivity contribution is 0.0506. The maximum absolute atomic E-state index is 11.6. The van der Waals surface area contributed by atoms with E-state index in [9.17, 15) is 15.0 Å². The van der Waals surface area contributed by atoms with Gasteiger partial charge in [0.2, 0.25) is 0 Å². The maximum Gasteiger partial charge on any atom is 0.335 e. The van der Waals surface area contributed by atoms with E-state index in [0.29, 0.717) is 18.8 Å². The molecule has 3 rings (SSSR count). The van der Waals surface area contributed by atoms with E-state index >= 15 is 0 Å². The Bertz CT molecular complexity index is 965. The van der Waals surface area contributed by atoms with Crippen molar-refractivity contribution in [1.82, 2.24) is 0 Å². The summed E-state index contributed by atoms with van der Waals surface area (Å²) in [6.07, 6.45) is 0.442. The second-order valence-electron chi connectivity index (χ2n) is 8.32. The van der Waals surface area contributed by atoms with Gasteiger partial charge in [-0.25, -0.2) is 4.79 Å². The van der Waals surface area contributed by atoms with Crippen LogP contribution in [0, 0.1) is 5.41 Å².